The fourth-order valence-corrected chi connectivity index (χ4v) is 3.63. The maximum atomic E-state index is 12.3. The van der Waals surface area contributed by atoms with E-state index in [4.69, 9.17) is 4.74 Å². The van der Waals surface area contributed by atoms with Gasteiger partial charge in [-0.25, -0.2) is 4.79 Å². The van der Waals surface area contributed by atoms with Crippen molar-refractivity contribution >= 4 is 11.9 Å². The van der Waals surface area contributed by atoms with E-state index in [1.165, 1.54) is 5.56 Å². The summed E-state index contributed by atoms with van der Waals surface area (Å²) in [5, 5.41) is 3.03. The van der Waals surface area contributed by atoms with Gasteiger partial charge in [-0.1, -0.05) is 31.5 Å². The van der Waals surface area contributed by atoms with Crippen LogP contribution in [0.4, 0.5) is 4.79 Å². The summed E-state index contributed by atoms with van der Waals surface area (Å²) in [6.45, 7) is 9.36. The topological polar surface area (TPSA) is 61.9 Å². The van der Waals surface area contributed by atoms with Gasteiger partial charge in [0.25, 0.3) is 0 Å². The minimum Gasteiger partial charge on any atom is -0.487 e. The van der Waals surface area contributed by atoms with Crippen molar-refractivity contribution in [3.63, 3.8) is 0 Å². The summed E-state index contributed by atoms with van der Waals surface area (Å²) in [6.07, 6.45) is 2.13. The van der Waals surface area contributed by atoms with Gasteiger partial charge in [0, 0.05) is 25.6 Å². The van der Waals surface area contributed by atoms with Crippen molar-refractivity contribution < 1.29 is 14.3 Å². The first kappa shape index (κ1) is 19.5. The van der Waals surface area contributed by atoms with Gasteiger partial charge in [-0.05, 0) is 37.8 Å². The van der Waals surface area contributed by atoms with Crippen molar-refractivity contribution in [3.05, 3.63) is 29.8 Å². The maximum absolute atomic E-state index is 12.3. The molecule has 2 fully saturated rings. The molecule has 0 bridgehead atoms. The van der Waals surface area contributed by atoms with Crippen LogP contribution in [0.1, 0.15) is 32.3 Å². The van der Waals surface area contributed by atoms with E-state index in [2.05, 4.69) is 5.32 Å². The van der Waals surface area contributed by atoms with Gasteiger partial charge in [-0.15, -0.1) is 0 Å². The molecule has 0 aromatic heterocycles. The van der Waals surface area contributed by atoms with Gasteiger partial charge >= 0.3 is 6.03 Å². The molecule has 2 aliphatic rings. The summed E-state index contributed by atoms with van der Waals surface area (Å²) in [4.78, 5) is 28.2. The van der Waals surface area contributed by atoms with Crippen molar-refractivity contribution in [2.75, 3.05) is 32.7 Å². The van der Waals surface area contributed by atoms with Gasteiger partial charge in [0.1, 0.15) is 11.9 Å². The van der Waals surface area contributed by atoms with Gasteiger partial charge < -0.3 is 19.9 Å². The van der Waals surface area contributed by atoms with Gasteiger partial charge in [-0.2, -0.15) is 0 Å². The first-order valence-electron chi connectivity index (χ1n) is 9.97. The van der Waals surface area contributed by atoms with E-state index in [1.807, 2.05) is 49.9 Å². The number of carbonyl (C=O) groups excluding carboxylic acids is 2. The van der Waals surface area contributed by atoms with Crippen LogP contribution < -0.4 is 10.1 Å². The van der Waals surface area contributed by atoms with E-state index in [-0.39, 0.29) is 24.0 Å². The molecule has 1 N–H and O–H groups in total. The van der Waals surface area contributed by atoms with E-state index < -0.39 is 0 Å². The molecule has 1 aromatic rings. The number of nitrogens with zero attached hydrogens (tertiary/aromatic N) is 2. The van der Waals surface area contributed by atoms with E-state index in [0.29, 0.717) is 25.6 Å². The van der Waals surface area contributed by atoms with E-state index in [9.17, 15) is 9.59 Å². The molecule has 148 valence electrons. The standard InChI is InChI=1S/C21H31N3O3/c1-15(2)20(25)23-10-4-5-17(12-23)11-22-21(26)24-13-19(14-24)27-18-8-6-16(3)7-9-18/h6-9,15,17,19H,4-5,10-14H2,1-3H3,(H,22,26)/t17-/m0/s1. The zero-order chi connectivity index (χ0) is 19.4. The molecule has 1 atom stereocenters. The molecule has 2 aliphatic heterocycles. The van der Waals surface area contributed by atoms with Gasteiger partial charge in [0.05, 0.1) is 13.1 Å². The molecule has 6 nitrogen and oxygen atoms in total. The number of aryl methyl sites for hydroxylation is 1. The molecular formula is C21H31N3O3. The smallest absolute Gasteiger partial charge is 0.317 e. The molecule has 6 heteroatoms. The van der Waals surface area contributed by atoms with Crippen LogP contribution in [0.25, 0.3) is 0 Å². The van der Waals surface area contributed by atoms with Crippen LogP contribution in [0.5, 0.6) is 5.75 Å². The number of piperidine rings is 1. The van der Waals surface area contributed by atoms with Crippen LogP contribution in [0, 0.1) is 18.8 Å². The average Bonchev–Trinajstić information content (AvgIpc) is 2.63. The highest BCUT2D eigenvalue weighted by Crippen LogP contribution is 2.20. The summed E-state index contributed by atoms with van der Waals surface area (Å²) in [6, 6.07) is 7.94. The number of benzene rings is 1. The van der Waals surface area contributed by atoms with E-state index in [0.717, 1.165) is 31.7 Å². The molecule has 0 aliphatic carbocycles. The summed E-state index contributed by atoms with van der Waals surface area (Å²) in [5.41, 5.74) is 1.20. The normalized spacial score (nSPS) is 20.4. The van der Waals surface area contributed by atoms with Crippen molar-refractivity contribution in [2.24, 2.45) is 11.8 Å². The highest BCUT2D eigenvalue weighted by molar-refractivity contribution is 5.78. The van der Waals surface area contributed by atoms with Crippen LogP contribution in [-0.2, 0) is 4.79 Å². The third-order valence-corrected chi connectivity index (χ3v) is 5.33. The summed E-state index contributed by atoms with van der Waals surface area (Å²) >= 11 is 0. The highest BCUT2D eigenvalue weighted by atomic mass is 16.5. The quantitative estimate of drug-likeness (QED) is 0.863. The number of likely N-dealkylation sites (tertiary alicyclic amines) is 2. The van der Waals surface area contributed by atoms with Crippen LogP contribution >= 0.6 is 0 Å². The number of hydrogen-bond donors (Lipinski definition) is 1. The molecule has 0 saturated carbocycles. The second-order valence-electron chi connectivity index (χ2n) is 8.09. The first-order chi connectivity index (χ1) is 12.9. The Hall–Kier alpha value is -2.24. The van der Waals surface area contributed by atoms with Crippen LogP contribution in [-0.4, -0.2) is 60.6 Å². The predicted molar refractivity (Wildman–Crippen MR) is 105 cm³/mol. The Morgan fingerprint density at radius 1 is 1.15 bits per heavy atom. The Morgan fingerprint density at radius 2 is 1.85 bits per heavy atom. The third kappa shape index (κ3) is 5.15. The van der Waals surface area contributed by atoms with Gasteiger partial charge in [0.2, 0.25) is 5.91 Å². The molecule has 2 saturated heterocycles. The lowest BCUT2D eigenvalue weighted by Gasteiger charge is -2.39. The van der Waals surface area contributed by atoms with Crippen LogP contribution in [0.2, 0.25) is 0 Å². The lowest BCUT2D eigenvalue weighted by molar-refractivity contribution is -0.136. The molecule has 2 heterocycles. The summed E-state index contributed by atoms with van der Waals surface area (Å²) in [7, 11) is 0. The van der Waals surface area contributed by atoms with Crippen molar-refractivity contribution in [2.45, 2.75) is 39.7 Å². The van der Waals surface area contributed by atoms with Gasteiger partial charge in [-0.3, -0.25) is 4.79 Å². The van der Waals surface area contributed by atoms with E-state index in [1.54, 1.807) is 4.90 Å². The van der Waals surface area contributed by atoms with Crippen molar-refractivity contribution in [3.8, 4) is 5.75 Å². The molecule has 0 radical (unpaired) electrons. The predicted octanol–water partition coefficient (Wildman–Crippen LogP) is 2.66. The third-order valence-electron chi connectivity index (χ3n) is 5.33. The monoisotopic (exact) mass is 373 g/mol. The average molecular weight is 373 g/mol. The minimum atomic E-state index is -0.0361. The fraction of sp³-hybridized carbons (Fsp3) is 0.619. The second-order valence-corrected chi connectivity index (χ2v) is 8.09. The Labute approximate surface area is 161 Å². The van der Waals surface area contributed by atoms with Crippen LogP contribution in [0.15, 0.2) is 24.3 Å². The molecule has 0 spiro atoms. The molecule has 0 unspecified atom stereocenters. The Balaban J connectivity index is 1.36. The number of amides is 3. The van der Waals surface area contributed by atoms with Crippen molar-refractivity contribution in [1.29, 1.82) is 0 Å². The zero-order valence-corrected chi connectivity index (χ0v) is 16.6. The number of ether oxygens (including phenoxy) is 1. The SMILES string of the molecule is Cc1ccc(OC2CN(C(=O)NC[C@@H]3CCCN(C(=O)C(C)C)C3)C2)cc1. The van der Waals surface area contributed by atoms with Crippen molar-refractivity contribution in [1.82, 2.24) is 15.1 Å². The van der Waals surface area contributed by atoms with Gasteiger partial charge in [0.15, 0.2) is 0 Å². The zero-order valence-electron chi connectivity index (χ0n) is 16.6. The first-order valence-corrected chi connectivity index (χ1v) is 9.97. The number of urea groups is 1. The second kappa shape index (κ2) is 8.63. The number of carbonyl (C=O) groups is 2. The van der Waals surface area contributed by atoms with E-state index >= 15 is 0 Å². The summed E-state index contributed by atoms with van der Waals surface area (Å²) < 4.78 is 5.88. The number of rotatable bonds is 5. The molecule has 1 aromatic carbocycles. The largest absolute Gasteiger partial charge is 0.487 e. The molecule has 27 heavy (non-hydrogen) atoms. The molecule has 3 rings (SSSR count). The fourth-order valence-electron chi connectivity index (χ4n) is 3.63. The molecule has 3 amide bonds. The highest BCUT2D eigenvalue weighted by Gasteiger charge is 2.33. The molecular weight excluding hydrogens is 342 g/mol. The Bertz CT molecular complexity index is 653. The number of nitrogens with one attached hydrogen (secondary N) is 1. The Morgan fingerprint density at radius 3 is 2.52 bits per heavy atom. The lowest BCUT2D eigenvalue weighted by Crippen LogP contribution is -2.59. The lowest BCUT2D eigenvalue weighted by atomic mass is 9.97. The summed E-state index contributed by atoms with van der Waals surface area (Å²) in [5.74, 6) is 1.43. The van der Waals surface area contributed by atoms with Crippen LogP contribution in [0.3, 0.4) is 0 Å². The Kier molecular flexibility index (Phi) is 6.24. The minimum absolute atomic E-state index is 0.0323. The number of hydrogen-bond acceptors (Lipinski definition) is 3. The maximum Gasteiger partial charge on any atom is 0.317 e.